The number of carbonyl (C=O) groups excluding carboxylic acids is 1. The summed E-state index contributed by atoms with van der Waals surface area (Å²) in [6.45, 7) is 3.86. The topological polar surface area (TPSA) is 29.5 Å². The van der Waals surface area contributed by atoms with Crippen LogP contribution in [0.3, 0.4) is 0 Å². The third kappa shape index (κ3) is 4.65. The molecule has 88 valence electrons. The number of unbranched alkanes of at least 4 members (excludes halogenated alkanes) is 3. The lowest BCUT2D eigenvalue weighted by atomic mass is 10.1. The normalized spacial score (nSPS) is 21.3. The molecule has 3 nitrogen and oxygen atoms in total. The minimum absolute atomic E-state index is 0.0536. The standard InChI is InChI=1S/C12H23NO2/c1-2-3-4-6-9-13(11-14)12-8-5-7-10-15-12/h11-12H,2-10H2,1H3. The number of hydrogen-bond donors (Lipinski definition) is 0. The summed E-state index contributed by atoms with van der Waals surface area (Å²) >= 11 is 0. The van der Waals surface area contributed by atoms with Crippen molar-refractivity contribution in [2.45, 2.75) is 58.1 Å². The summed E-state index contributed by atoms with van der Waals surface area (Å²) in [5.74, 6) is 0. The molecule has 1 unspecified atom stereocenters. The number of carbonyl (C=O) groups is 1. The fraction of sp³-hybridized carbons (Fsp3) is 0.917. The van der Waals surface area contributed by atoms with E-state index in [2.05, 4.69) is 6.92 Å². The molecule has 0 saturated carbocycles. The van der Waals surface area contributed by atoms with Crippen LogP contribution in [0.4, 0.5) is 0 Å². The Labute approximate surface area is 92.8 Å². The van der Waals surface area contributed by atoms with Crippen molar-refractivity contribution in [2.24, 2.45) is 0 Å². The Morgan fingerprint density at radius 3 is 2.80 bits per heavy atom. The Bertz CT molecular complexity index is 167. The molecule has 1 saturated heterocycles. The van der Waals surface area contributed by atoms with Crippen LogP contribution in [0.2, 0.25) is 0 Å². The van der Waals surface area contributed by atoms with E-state index in [0.717, 1.165) is 38.8 Å². The molecule has 1 heterocycles. The van der Waals surface area contributed by atoms with Crippen molar-refractivity contribution in [2.75, 3.05) is 13.2 Å². The monoisotopic (exact) mass is 213 g/mol. The highest BCUT2D eigenvalue weighted by Crippen LogP contribution is 2.16. The first-order valence-electron chi connectivity index (χ1n) is 6.21. The Morgan fingerprint density at radius 2 is 2.20 bits per heavy atom. The van der Waals surface area contributed by atoms with E-state index >= 15 is 0 Å². The van der Waals surface area contributed by atoms with Crippen molar-refractivity contribution in [1.82, 2.24) is 4.90 Å². The van der Waals surface area contributed by atoms with E-state index in [-0.39, 0.29) is 6.23 Å². The smallest absolute Gasteiger partial charge is 0.211 e. The summed E-state index contributed by atoms with van der Waals surface area (Å²) in [6.07, 6.45) is 9.15. The summed E-state index contributed by atoms with van der Waals surface area (Å²) in [5.41, 5.74) is 0. The molecule has 1 fully saturated rings. The van der Waals surface area contributed by atoms with Gasteiger partial charge in [0.1, 0.15) is 6.23 Å². The van der Waals surface area contributed by atoms with Gasteiger partial charge in [-0.1, -0.05) is 26.2 Å². The molecule has 1 aliphatic rings. The highest BCUT2D eigenvalue weighted by Gasteiger charge is 2.19. The van der Waals surface area contributed by atoms with Crippen LogP contribution in [-0.2, 0) is 9.53 Å². The van der Waals surface area contributed by atoms with E-state index < -0.39 is 0 Å². The van der Waals surface area contributed by atoms with Gasteiger partial charge in [-0.2, -0.15) is 0 Å². The summed E-state index contributed by atoms with van der Waals surface area (Å²) in [7, 11) is 0. The molecular weight excluding hydrogens is 190 g/mol. The number of rotatable bonds is 7. The van der Waals surface area contributed by atoms with Crippen molar-refractivity contribution in [1.29, 1.82) is 0 Å². The lowest BCUT2D eigenvalue weighted by molar-refractivity contribution is -0.137. The van der Waals surface area contributed by atoms with Crippen LogP contribution in [0.25, 0.3) is 0 Å². The van der Waals surface area contributed by atoms with Gasteiger partial charge >= 0.3 is 0 Å². The second-order valence-corrected chi connectivity index (χ2v) is 4.23. The maximum atomic E-state index is 10.9. The predicted molar refractivity (Wildman–Crippen MR) is 60.5 cm³/mol. The molecule has 0 spiro atoms. The molecule has 0 aliphatic carbocycles. The van der Waals surface area contributed by atoms with Gasteiger partial charge in [0, 0.05) is 13.2 Å². The first kappa shape index (κ1) is 12.5. The SMILES string of the molecule is CCCCCCN(C=O)C1CCCCO1. The second-order valence-electron chi connectivity index (χ2n) is 4.23. The molecule has 15 heavy (non-hydrogen) atoms. The maximum absolute atomic E-state index is 10.9. The minimum Gasteiger partial charge on any atom is -0.358 e. The van der Waals surface area contributed by atoms with E-state index in [0.29, 0.717) is 0 Å². The van der Waals surface area contributed by atoms with Gasteiger partial charge < -0.3 is 9.64 Å². The van der Waals surface area contributed by atoms with Gasteiger partial charge in [-0.05, 0) is 25.7 Å². The van der Waals surface area contributed by atoms with Crippen LogP contribution in [-0.4, -0.2) is 30.7 Å². The first-order valence-corrected chi connectivity index (χ1v) is 6.21. The zero-order valence-corrected chi connectivity index (χ0v) is 9.78. The van der Waals surface area contributed by atoms with Crippen molar-refractivity contribution >= 4 is 6.41 Å². The van der Waals surface area contributed by atoms with E-state index in [9.17, 15) is 4.79 Å². The zero-order chi connectivity index (χ0) is 10.9. The van der Waals surface area contributed by atoms with E-state index in [1.165, 1.54) is 25.7 Å². The third-order valence-electron chi connectivity index (χ3n) is 2.93. The molecule has 1 amide bonds. The summed E-state index contributed by atoms with van der Waals surface area (Å²) in [6, 6.07) is 0. The number of amides is 1. The predicted octanol–water partition coefficient (Wildman–Crippen LogP) is 2.55. The molecule has 0 radical (unpaired) electrons. The molecule has 1 atom stereocenters. The fourth-order valence-corrected chi connectivity index (χ4v) is 1.97. The van der Waals surface area contributed by atoms with Gasteiger partial charge in [-0.25, -0.2) is 0 Å². The van der Waals surface area contributed by atoms with Crippen molar-refractivity contribution in [3.05, 3.63) is 0 Å². The molecule has 1 aliphatic heterocycles. The van der Waals surface area contributed by atoms with Crippen LogP contribution in [0.1, 0.15) is 51.9 Å². The van der Waals surface area contributed by atoms with E-state index in [1.807, 2.05) is 4.90 Å². The minimum atomic E-state index is 0.0536. The lowest BCUT2D eigenvalue weighted by Gasteiger charge is -2.31. The molecule has 0 aromatic carbocycles. The van der Waals surface area contributed by atoms with Crippen molar-refractivity contribution in [3.8, 4) is 0 Å². The summed E-state index contributed by atoms with van der Waals surface area (Å²) in [5, 5.41) is 0. The third-order valence-corrected chi connectivity index (χ3v) is 2.93. The molecule has 0 N–H and O–H groups in total. The Hall–Kier alpha value is -0.570. The largest absolute Gasteiger partial charge is 0.358 e. The van der Waals surface area contributed by atoms with Crippen LogP contribution in [0.15, 0.2) is 0 Å². The quantitative estimate of drug-likeness (QED) is 0.480. The zero-order valence-electron chi connectivity index (χ0n) is 9.78. The number of hydrogen-bond acceptors (Lipinski definition) is 2. The molecule has 3 heteroatoms. The molecule has 0 aromatic rings. The Kier molecular flexibility index (Phi) is 6.41. The average Bonchev–Trinajstić information content (AvgIpc) is 2.30. The Balaban J connectivity index is 2.18. The van der Waals surface area contributed by atoms with E-state index in [1.54, 1.807) is 0 Å². The number of ether oxygens (including phenoxy) is 1. The highest BCUT2D eigenvalue weighted by molar-refractivity contribution is 5.47. The number of nitrogens with zero attached hydrogens (tertiary/aromatic N) is 1. The molecule has 0 bridgehead atoms. The molecular formula is C12H23NO2. The van der Waals surface area contributed by atoms with Gasteiger partial charge in [-0.3, -0.25) is 4.79 Å². The fourth-order valence-electron chi connectivity index (χ4n) is 1.97. The van der Waals surface area contributed by atoms with Gasteiger partial charge in [0.2, 0.25) is 6.41 Å². The van der Waals surface area contributed by atoms with Crippen LogP contribution < -0.4 is 0 Å². The van der Waals surface area contributed by atoms with Crippen molar-refractivity contribution < 1.29 is 9.53 Å². The average molecular weight is 213 g/mol. The van der Waals surface area contributed by atoms with Gasteiger partial charge in [-0.15, -0.1) is 0 Å². The second kappa shape index (κ2) is 7.69. The van der Waals surface area contributed by atoms with Crippen molar-refractivity contribution in [3.63, 3.8) is 0 Å². The highest BCUT2D eigenvalue weighted by atomic mass is 16.5. The van der Waals surface area contributed by atoms with E-state index in [4.69, 9.17) is 4.74 Å². The van der Waals surface area contributed by atoms with Crippen LogP contribution in [0, 0.1) is 0 Å². The van der Waals surface area contributed by atoms with Gasteiger partial charge in [0.15, 0.2) is 0 Å². The summed E-state index contributed by atoms with van der Waals surface area (Å²) in [4.78, 5) is 12.7. The lowest BCUT2D eigenvalue weighted by Crippen LogP contribution is -2.39. The maximum Gasteiger partial charge on any atom is 0.211 e. The summed E-state index contributed by atoms with van der Waals surface area (Å²) < 4.78 is 5.58. The Morgan fingerprint density at radius 1 is 1.33 bits per heavy atom. The van der Waals surface area contributed by atoms with Crippen LogP contribution in [0.5, 0.6) is 0 Å². The molecule has 0 aromatic heterocycles. The first-order chi connectivity index (χ1) is 7.38. The van der Waals surface area contributed by atoms with Gasteiger partial charge in [0.25, 0.3) is 0 Å². The van der Waals surface area contributed by atoms with Gasteiger partial charge in [0.05, 0.1) is 0 Å². The molecule has 1 rings (SSSR count). The van der Waals surface area contributed by atoms with Crippen LogP contribution >= 0.6 is 0 Å².